The van der Waals surface area contributed by atoms with E-state index in [1.165, 1.54) is 12.3 Å². The maximum Gasteiger partial charge on any atom is 0.262 e. The van der Waals surface area contributed by atoms with Crippen LogP contribution in [0, 0.1) is 6.92 Å². The topological polar surface area (TPSA) is 88.6 Å². The number of hydrogen-bond donors (Lipinski definition) is 1. The lowest BCUT2D eigenvalue weighted by Crippen LogP contribution is -2.37. The van der Waals surface area contributed by atoms with Crippen LogP contribution in [0.25, 0.3) is 0 Å². The molecule has 4 rings (SSSR count). The van der Waals surface area contributed by atoms with Gasteiger partial charge in [-0.2, -0.15) is 0 Å². The maximum absolute atomic E-state index is 12.9. The van der Waals surface area contributed by atoms with Crippen LogP contribution in [0.4, 0.5) is 11.4 Å². The zero-order valence-corrected chi connectivity index (χ0v) is 20.2. The van der Waals surface area contributed by atoms with Gasteiger partial charge in [-0.25, -0.2) is 0 Å². The van der Waals surface area contributed by atoms with Crippen LogP contribution in [0.15, 0.2) is 60.9 Å². The first-order valence-electron chi connectivity index (χ1n) is 10.8. The number of rotatable bonds is 7. The van der Waals surface area contributed by atoms with Crippen molar-refractivity contribution in [2.75, 3.05) is 41.4 Å². The molecular formula is C25H24ClN3O4S. The predicted molar refractivity (Wildman–Crippen MR) is 135 cm³/mol. The number of ketones is 1. The Bertz CT molecular complexity index is 1230. The zero-order chi connectivity index (χ0) is 24.1. The zero-order valence-electron chi connectivity index (χ0n) is 18.6. The van der Waals surface area contributed by atoms with Crippen LogP contribution in [0.1, 0.15) is 21.5 Å². The summed E-state index contributed by atoms with van der Waals surface area (Å²) in [6.45, 7) is 3.17. The van der Waals surface area contributed by atoms with E-state index >= 15 is 0 Å². The van der Waals surface area contributed by atoms with Crippen molar-refractivity contribution in [3.63, 3.8) is 0 Å². The molecule has 7 nitrogen and oxygen atoms in total. The molecule has 0 bridgehead atoms. The van der Waals surface area contributed by atoms with Gasteiger partial charge in [0.1, 0.15) is 5.75 Å². The molecule has 2 heterocycles. The minimum atomic E-state index is -0.732. The van der Waals surface area contributed by atoms with E-state index in [1.807, 2.05) is 25.1 Å². The van der Waals surface area contributed by atoms with Crippen LogP contribution < -0.4 is 15.0 Å². The fraction of sp³-hybridized carbons (Fsp3) is 0.240. The van der Waals surface area contributed by atoms with Crippen LogP contribution in [0.3, 0.4) is 0 Å². The highest BCUT2D eigenvalue weighted by Crippen LogP contribution is 2.26. The van der Waals surface area contributed by atoms with Crippen LogP contribution in [0.5, 0.6) is 5.75 Å². The summed E-state index contributed by atoms with van der Waals surface area (Å²) in [5.41, 5.74) is 3.30. The molecule has 0 atom stereocenters. The third-order valence-corrected chi connectivity index (χ3v) is 7.01. The third kappa shape index (κ3) is 5.81. The molecule has 0 saturated carbocycles. The smallest absolute Gasteiger partial charge is 0.262 e. The molecule has 0 spiro atoms. The number of amides is 1. The van der Waals surface area contributed by atoms with Gasteiger partial charge >= 0.3 is 0 Å². The van der Waals surface area contributed by atoms with E-state index in [9.17, 15) is 13.8 Å². The van der Waals surface area contributed by atoms with Crippen molar-refractivity contribution in [3.05, 3.63) is 82.6 Å². The summed E-state index contributed by atoms with van der Waals surface area (Å²) in [5.74, 6) is 0.969. The summed E-state index contributed by atoms with van der Waals surface area (Å²) in [5, 5.41) is 3.25. The van der Waals surface area contributed by atoms with Crippen LogP contribution in [-0.4, -0.2) is 52.1 Å². The number of anilines is 2. The number of nitrogens with zero attached hydrogens (tertiary/aromatic N) is 2. The van der Waals surface area contributed by atoms with Gasteiger partial charge < -0.3 is 15.0 Å². The van der Waals surface area contributed by atoms with Crippen LogP contribution >= 0.6 is 11.6 Å². The summed E-state index contributed by atoms with van der Waals surface area (Å²) in [6, 6.07) is 13.8. The average molecular weight is 498 g/mol. The molecule has 2 aromatic carbocycles. The quantitative estimate of drug-likeness (QED) is 0.499. The molecule has 1 fully saturated rings. The fourth-order valence-electron chi connectivity index (χ4n) is 3.67. The van der Waals surface area contributed by atoms with Crippen molar-refractivity contribution in [2.24, 2.45) is 0 Å². The Morgan fingerprint density at radius 2 is 1.94 bits per heavy atom. The second-order valence-electron chi connectivity index (χ2n) is 7.88. The van der Waals surface area contributed by atoms with Gasteiger partial charge in [0.15, 0.2) is 12.4 Å². The van der Waals surface area contributed by atoms with Crippen molar-refractivity contribution in [1.29, 1.82) is 0 Å². The van der Waals surface area contributed by atoms with E-state index in [1.54, 1.807) is 30.5 Å². The lowest BCUT2D eigenvalue weighted by molar-refractivity contribution is -0.118. The number of halogens is 1. The number of ether oxygens (including phenoxy) is 1. The van der Waals surface area contributed by atoms with E-state index < -0.39 is 10.8 Å². The standard InChI is InChI=1S/C25H24ClN3O4S/c1-17-13-20(29-9-11-34(32)12-10-29)5-6-22(17)28-24(30)16-33-23-7-4-19(26)14-21(23)25(31)18-3-2-8-27-15-18/h2-8,13-15H,9-12,16H2,1H3,(H,28,30). The number of carbonyl (C=O) groups excluding carboxylic acids is 2. The molecule has 34 heavy (non-hydrogen) atoms. The van der Waals surface area contributed by atoms with Gasteiger partial charge in [-0.1, -0.05) is 11.6 Å². The molecular weight excluding hydrogens is 474 g/mol. The summed E-state index contributed by atoms with van der Waals surface area (Å²) in [7, 11) is -0.732. The third-order valence-electron chi connectivity index (χ3n) is 5.50. The largest absolute Gasteiger partial charge is 0.483 e. The molecule has 9 heteroatoms. The van der Waals surface area contributed by atoms with Crippen molar-refractivity contribution < 1.29 is 18.5 Å². The van der Waals surface area contributed by atoms with E-state index in [4.69, 9.17) is 16.3 Å². The Morgan fingerprint density at radius 1 is 1.15 bits per heavy atom. The van der Waals surface area contributed by atoms with E-state index in [-0.39, 0.29) is 29.6 Å². The molecule has 0 unspecified atom stereocenters. The molecule has 176 valence electrons. The SMILES string of the molecule is Cc1cc(N2CCS(=O)CC2)ccc1NC(=O)COc1ccc(Cl)cc1C(=O)c1cccnc1. The molecule has 0 aliphatic carbocycles. The molecule has 1 aliphatic rings. The van der Waals surface area contributed by atoms with E-state index in [0.29, 0.717) is 27.8 Å². The highest BCUT2D eigenvalue weighted by Gasteiger charge is 2.18. The maximum atomic E-state index is 12.9. The van der Waals surface area contributed by atoms with Crippen molar-refractivity contribution in [2.45, 2.75) is 6.92 Å². The lowest BCUT2D eigenvalue weighted by Gasteiger charge is -2.29. The normalized spacial score (nSPS) is 14.0. The first-order chi connectivity index (χ1) is 16.4. The molecule has 0 radical (unpaired) electrons. The second-order valence-corrected chi connectivity index (χ2v) is 10.0. The summed E-state index contributed by atoms with van der Waals surface area (Å²) in [6.07, 6.45) is 3.05. The van der Waals surface area contributed by atoms with Gasteiger partial charge in [0, 0.05) is 69.7 Å². The van der Waals surface area contributed by atoms with E-state index in [2.05, 4.69) is 15.2 Å². The number of hydrogen-bond acceptors (Lipinski definition) is 6. The molecule has 1 amide bonds. The average Bonchev–Trinajstić information content (AvgIpc) is 2.85. The highest BCUT2D eigenvalue weighted by molar-refractivity contribution is 7.85. The Hall–Kier alpha value is -3.23. The van der Waals surface area contributed by atoms with Gasteiger partial charge in [-0.05, 0) is 61.0 Å². The van der Waals surface area contributed by atoms with E-state index in [0.717, 1.165) is 24.3 Å². The number of benzene rings is 2. The Labute approximate surface area is 205 Å². The second kappa shape index (κ2) is 10.8. The first kappa shape index (κ1) is 23.9. The van der Waals surface area contributed by atoms with Gasteiger partial charge in [-0.3, -0.25) is 18.8 Å². The molecule has 1 aromatic heterocycles. The van der Waals surface area contributed by atoms with Crippen molar-refractivity contribution in [1.82, 2.24) is 4.98 Å². The van der Waals surface area contributed by atoms with Gasteiger partial charge in [-0.15, -0.1) is 0 Å². The monoisotopic (exact) mass is 497 g/mol. The first-order valence-corrected chi connectivity index (χ1v) is 12.6. The minimum absolute atomic E-state index is 0.260. The van der Waals surface area contributed by atoms with Gasteiger partial charge in [0.25, 0.3) is 5.91 Å². The summed E-state index contributed by atoms with van der Waals surface area (Å²) < 4.78 is 17.3. The Kier molecular flexibility index (Phi) is 7.59. The van der Waals surface area contributed by atoms with Crippen molar-refractivity contribution in [3.8, 4) is 5.75 Å². The van der Waals surface area contributed by atoms with Crippen LogP contribution in [-0.2, 0) is 15.6 Å². The molecule has 3 aromatic rings. The van der Waals surface area contributed by atoms with Gasteiger partial charge in [0.2, 0.25) is 0 Å². The molecule has 1 saturated heterocycles. The number of aromatic nitrogens is 1. The Morgan fingerprint density at radius 3 is 2.65 bits per heavy atom. The van der Waals surface area contributed by atoms with Crippen LogP contribution in [0.2, 0.25) is 5.02 Å². The van der Waals surface area contributed by atoms with Gasteiger partial charge in [0.05, 0.1) is 5.56 Å². The number of pyridine rings is 1. The number of nitrogens with one attached hydrogen (secondary N) is 1. The number of carbonyl (C=O) groups is 2. The lowest BCUT2D eigenvalue weighted by atomic mass is 10.0. The number of aryl methyl sites for hydroxylation is 1. The summed E-state index contributed by atoms with van der Waals surface area (Å²) in [4.78, 5) is 31.6. The Balaban J connectivity index is 1.41. The minimum Gasteiger partial charge on any atom is -0.483 e. The fourth-order valence-corrected chi connectivity index (χ4v) is 4.89. The predicted octanol–water partition coefficient (Wildman–Crippen LogP) is 3.86. The highest BCUT2D eigenvalue weighted by atomic mass is 35.5. The molecule has 1 N–H and O–H groups in total. The van der Waals surface area contributed by atoms with Crippen molar-refractivity contribution >= 4 is 45.5 Å². The molecule has 1 aliphatic heterocycles. The summed E-state index contributed by atoms with van der Waals surface area (Å²) >= 11 is 6.09.